The van der Waals surface area contributed by atoms with E-state index in [1.165, 1.54) is 11.8 Å². The molecule has 2 aromatic carbocycles. The zero-order valence-corrected chi connectivity index (χ0v) is 18.7. The molecule has 4 rings (SSSR count). The summed E-state index contributed by atoms with van der Waals surface area (Å²) in [6.45, 7) is 2.72. The van der Waals surface area contributed by atoms with Crippen LogP contribution >= 0.6 is 23.5 Å². The van der Waals surface area contributed by atoms with Gasteiger partial charge in [0.15, 0.2) is 5.17 Å². The summed E-state index contributed by atoms with van der Waals surface area (Å²) in [4.78, 5) is 23.6. The van der Waals surface area contributed by atoms with E-state index in [0.29, 0.717) is 22.3 Å². The van der Waals surface area contributed by atoms with E-state index in [-0.39, 0.29) is 11.7 Å². The molecule has 0 aromatic heterocycles. The van der Waals surface area contributed by atoms with Crippen LogP contribution in [0.5, 0.6) is 11.5 Å². The number of fused-ring (bicyclic) bond motifs is 1. The monoisotopic (exact) mass is 441 g/mol. The van der Waals surface area contributed by atoms with Crippen molar-refractivity contribution >= 4 is 46.0 Å². The first-order valence-corrected chi connectivity index (χ1v) is 11.4. The molecule has 0 bridgehead atoms. The van der Waals surface area contributed by atoms with E-state index in [2.05, 4.69) is 11.9 Å². The summed E-state index contributed by atoms with van der Waals surface area (Å²) >= 11 is 2.98. The Kier molecular flexibility index (Phi) is 5.97. The number of amidine groups is 1. The van der Waals surface area contributed by atoms with Crippen LogP contribution < -0.4 is 9.64 Å². The van der Waals surface area contributed by atoms with Crippen LogP contribution in [0.15, 0.2) is 62.3 Å². The molecule has 2 aliphatic rings. The van der Waals surface area contributed by atoms with Gasteiger partial charge in [0, 0.05) is 30.6 Å². The standard InChI is InChI=1S/C22H23N3O3S2/c1-4-5-11-25-20(27)19(30-22(25)23-14-7-6-8-15(26)12-14)21-24(2)17-13-16(28-3)9-10-18(17)29-21/h6-10,12-13,26H,4-5,11H2,1-3H3/b21-19-,23-22?. The SMILES string of the molecule is CCCCN1C(=O)/C(=C2/Sc3ccc(OC)cc3N2C)SC1=Nc1cccc(O)c1. The molecule has 1 fully saturated rings. The molecule has 0 saturated carbocycles. The van der Waals surface area contributed by atoms with Gasteiger partial charge < -0.3 is 14.7 Å². The quantitative estimate of drug-likeness (QED) is 0.646. The topological polar surface area (TPSA) is 65.4 Å². The minimum absolute atomic E-state index is 0.0264. The van der Waals surface area contributed by atoms with Gasteiger partial charge in [-0.2, -0.15) is 0 Å². The third-order valence-corrected chi connectivity index (χ3v) is 7.32. The maximum Gasteiger partial charge on any atom is 0.269 e. The Morgan fingerprint density at radius 3 is 2.73 bits per heavy atom. The van der Waals surface area contributed by atoms with Crippen LogP contribution in [0.2, 0.25) is 0 Å². The van der Waals surface area contributed by atoms with Gasteiger partial charge in [0.25, 0.3) is 5.91 Å². The number of benzene rings is 2. The van der Waals surface area contributed by atoms with Crippen LogP contribution in [0.25, 0.3) is 0 Å². The molecule has 6 nitrogen and oxygen atoms in total. The number of hydrogen-bond donors (Lipinski definition) is 1. The molecular weight excluding hydrogens is 418 g/mol. The van der Waals surface area contributed by atoms with Crippen molar-refractivity contribution in [1.82, 2.24) is 4.90 Å². The molecular formula is C22H23N3O3S2. The number of amides is 1. The summed E-state index contributed by atoms with van der Waals surface area (Å²) in [6.07, 6.45) is 1.88. The Balaban J connectivity index is 1.71. The third kappa shape index (κ3) is 3.89. The smallest absolute Gasteiger partial charge is 0.269 e. The lowest BCUT2D eigenvalue weighted by atomic mass is 10.3. The van der Waals surface area contributed by atoms with E-state index in [9.17, 15) is 9.90 Å². The highest BCUT2D eigenvalue weighted by Gasteiger charge is 2.39. The van der Waals surface area contributed by atoms with E-state index in [4.69, 9.17) is 4.74 Å². The number of carbonyl (C=O) groups excluding carboxylic acids is 1. The number of unbranched alkanes of at least 4 members (excludes halogenated alkanes) is 1. The van der Waals surface area contributed by atoms with Gasteiger partial charge in [-0.3, -0.25) is 9.69 Å². The van der Waals surface area contributed by atoms with Crippen molar-refractivity contribution in [1.29, 1.82) is 0 Å². The van der Waals surface area contributed by atoms with E-state index >= 15 is 0 Å². The molecule has 2 aromatic rings. The van der Waals surface area contributed by atoms with Crippen LogP contribution in [0.4, 0.5) is 11.4 Å². The molecule has 2 heterocycles. The van der Waals surface area contributed by atoms with Crippen molar-refractivity contribution in [2.45, 2.75) is 24.7 Å². The first-order chi connectivity index (χ1) is 14.5. The molecule has 1 amide bonds. The van der Waals surface area contributed by atoms with Gasteiger partial charge in [0.05, 0.1) is 23.5 Å². The number of thioether (sulfide) groups is 2. The lowest BCUT2D eigenvalue weighted by Gasteiger charge is -2.16. The Morgan fingerprint density at radius 1 is 1.17 bits per heavy atom. The normalized spacial score (nSPS) is 19.7. The van der Waals surface area contributed by atoms with Gasteiger partial charge in [-0.15, -0.1) is 0 Å². The highest BCUT2D eigenvalue weighted by Crippen LogP contribution is 2.51. The fourth-order valence-electron chi connectivity index (χ4n) is 3.26. The van der Waals surface area contributed by atoms with Crippen LogP contribution in [0.1, 0.15) is 19.8 Å². The zero-order valence-electron chi connectivity index (χ0n) is 17.1. The second kappa shape index (κ2) is 8.65. The van der Waals surface area contributed by atoms with Crippen molar-refractivity contribution < 1.29 is 14.6 Å². The predicted molar refractivity (Wildman–Crippen MR) is 124 cm³/mol. The minimum Gasteiger partial charge on any atom is -0.508 e. The highest BCUT2D eigenvalue weighted by atomic mass is 32.2. The summed E-state index contributed by atoms with van der Waals surface area (Å²) in [5.74, 6) is 0.912. The van der Waals surface area contributed by atoms with Crippen LogP contribution in [-0.2, 0) is 4.79 Å². The van der Waals surface area contributed by atoms with Crippen LogP contribution in [-0.4, -0.2) is 41.8 Å². The van der Waals surface area contributed by atoms with Gasteiger partial charge in [-0.1, -0.05) is 31.2 Å². The Labute approximate surface area is 184 Å². The van der Waals surface area contributed by atoms with E-state index in [0.717, 1.165) is 34.2 Å². The van der Waals surface area contributed by atoms with Crippen molar-refractivity contribution in [2.75, 3.05) is 25.6 Å². The summed E-state index contributed by atoms with van der Waals surface area (Å²) in [5, 5.41) is 11.3. The predicted octanol–water partition coefficient (Wildman–Crippen LogP) is 5.18. The summed E-state index contributed by atoms with van der Waals surface area (Å²) in [5.41, 5.74) is 1.65. The summed E-state index contributed by atoms with van der Waals surface area (Å²) in [7, 11) is 3.62. The number of phenols is 1. The molecule has 0 aliphatic carbocycles. The number of hydrogen-bond acceptors (Lipinski definition) is 7. The second-order valence-corrected chi connectivity index (χ2v) is 8.96. The number of carbonyl (C=O) groups is 1. The van der Waals surface area contributed by atoms with Gasteiger partial charge >= 0.3 is 0 Å². The lowest BCUT2D eigenvalue weighted by molar-refractivity contribution is -0.122. The zero-order chi connectivity index (χ0) is 21.3. The number of aliphatic imine (C=N–C) groups is 1. The number of ether oxygens (including phenoxy) is 1. The van der Waals surface area contributed by atoms with Gasteiger partial charge in [0.1, 0.15) is 16.4 Å². The Hall–Kier alpha value is -2.58. The molecule has 1 saturated heterocycles. The van der Waals surface area contributed by atoms with Crippen LogP contribution in [0.3, 0.4) is 0 Å². The number of rotatable bonds is 5. The van der Waals surface area contributed by atoms with Gasteiger partial charge in [0.2, 0.25) is 0 Å². The van der Waals surface area contributed by atoms with Crippen molar-refractivity contribution in [2.24, 2.45) is 4.99 Å². The molecule has 1 N–H and O–H groups in total. The average Bonchev–Trinajstić information content (AvgIpc) is 3.22. The molecule has 2 aliphatic heterocycles. The maximum atomic E-state index is 13.3. The van der Waals surface area contributed by atoms with Gasteiger partial charge in [-0.05, 0) is 42.4 Å². The molecule has 0 unspecified atom stereocenters. The molecule has 0 radical (unpaired) electrons. The summed E-state index contributed by atoms with van der Waals surface area (Å²) in [6, 6.07) is 12.7. The molecule has 8 heteroatoms. The van der Waals surface area contributed by atoms with Gasteiger partial charge in [-0.25, -0.2) is 4.99 Å². The van der Waals surface area contributed by atoms with Crippen molar-refractivity contribution in [3.63, 3.8) is 0 Å². The minimum atomic E-state index is -0.0264. The second-order valence-electron chi connectivity index (χ2n) is 6.96. The fraction of sp³-hybridized carbons (Fsp3) is 0.273. The number of anilines is 1. The molecule has 30 heavy (non-hydrogen) atoms. The largest absolute Gasteiger partial charge is 0.508 e. The van der Waals surface area contributed by atoms with E-state index < -0.39 is 0 Å². The molecule has 0 spiro atoms. The van der Waals surface area contributed by atoms with Crippen LogP contribution in [0, 0.1) is 0 Å². The molecule has 156 valence electrons. The number of aromatic hydroxyl groups is 1. The fourth-order valence-corrected chi connectivity index (χ4v) is 5.61. The first-order valence-electron chi connectivity index (χ1n) is 9.73. The van der Waals surface area contributed by atoms with E-state index in [1.54, 1.807) is 42.0 Å². The Bertz CT molecular complexity index is 1050. The first kappa shape index (κ1) is 20.7. The number of nitrogens with zero attached hydrogens (tertiary/aromatic N) is 3. The van der Waals surface area contributed by atoms with Crippen molar-refractivity contribution in [3.05, 3.63) is 52.4 Å². The molecule has 0 atom stereocenters. The number of methoxy groups -OCH3 is 1. The number of phenolic OH excluding ortho intramolecular Hbond substituents is 1. The summed E-state index contributed by atoms with van der Waals surface area (Å²) < 4.78 is 5.35. The Morgan fingerprint density at radius 2 is 2.00 bits per heavy atom. The lowest BCUT2D eigenvalue weighted by Crippen LogP contribution is -2.30. The average molecular weight is 442 g/mol. The van der Waals surface area contributed by atoms with Crippen molar-refractivity contribution in [3.8, 4) is 11.5 Å². The third-order valence-electron chi connectivity index (χ3n) is 4.89. The maximum absolute atomic E-state index is 13.3. The highest BCUT2D eigenvalue weighted by molar-refractivity contribution is 8.19. The van der Waals surface area contributed by atoms with E-state index in [1.807, 2.05) is 36.2 Å².